The summed E-state index contributed by atoms with van der Waals surface area (Å²) in [6.45, 7) is 1.67. The van der Waals surface area contributed by atoms with Crippen molar-refractivity contribution in [3.05, 3.63) is 58.9 Å². The number of aromatic nitrogens is 1. The van der Waals surface area contributed by atoms with Gasteiger partial charge in [-0.1, -0.05) is 17.9 Å². The zero-order valence-corrected chi connectivity index (χ0v) is 19.4. The molecule has 0 saturated carbocycles. The maximum Gasteiger partial charge on any atom is 0.323 e. The van der Waals surface area contributed by atoms with Crippen LogP contribution in [0, 0.1) is 11.8 Å². The van der Waals surface area contributed by atoms with Gasteiger partial charge in [-0.05, 0) is 36.8 Å². The maximum absolute atomic E-state index is 13.0. The van der Waals surface area contributed by atoms with Crippen LogP contribution in [0.4, 0.5) is 4.79 Å². The van der Waals surface area contributed by atoms with Crippen molar-refractivity contribution < 1.29 is 28.7 Å². The summed E-state index contributed by atoms with van der Waals surface area (Å²) in [7, 11) is 1.51. The lowest BCUT2D eigenvalue weighted by atomic mass is 9.93. The summed E-state index contributed by atoms with van der Waals surface area (Å²) in [5.74, 6) is 4.57. The molecule has 11 heteroatoms. The molecule has 2 atom stereocenters. The molecule has 3 N–H and O–H groups in total. The highest BCUT2D eigenvalue weighted by Crippen LogP contribution is 2.29. The molecule has 2 saturated heterocycles. The van der Waals surface area contributed by atoms with E-state index in [1.807, 2.05) is 0 Å². The molecule has 1 aromatic heterocycles. The van der Waals surface area contributed by atoms with E-state index in [4.69, 9.17) is 4.74 Å². The van der Waals surface area contributed by atoms with E-state index in [1.54, 1.807) is 37.3 Å². The number of pyridine rings is 1. The number of amides is 5. The highest BCUT2D eigenvalue weighted by atomic mass is 16.5. The number of ether oxygens (including phenoxy) is 1. The Morgan fingerprint density at radius 1 is 1.11 bits per heavy atom. The monoisotopic (exact) mass is 487 g/mol. The Labute approximate surface area is 205 Å². The second kappa shape index (κ2) is 8.20. The van der Waals surface area contributed by atoms with Crippen LogP contribution >= 0.6 is 0 Å². The fraction of sp³-hybridized carbons (Fsp3) is 0.280. The largest absolute Gasteiger partial charge is 0.497 e. The highest BCUT2D eigenvalue weighted by Gasteiger charge is 2.48. The minimum absolute atomic E-state index is 0.169. The number of carbonyl (C=O) groups is 5. The van der Waals surface area contributed by atoms with Crippen LogP contribution in [0.1, 0.15) is 40.5 Å². The number of hydrogen-bond acceptors (Lipinski definition) is 7. The van der Waals surface area contributed by atoms with Crippen LogP contribution in [0.15, 0.2) is 36.5 Å². The van der Waals surface area contributed by atoms with E-state index in [0.29, 0.717) is 22.6 Å². The van der Waals surface area contributed by atoms with Crippen molar-refractivity contribution in [2.24, 2.45) is 0 Å². The van der Waals surface area contributed by atoms with Gasteiger partial charge in [0.15, 0.2) is 5.78 Å². The SMILES string of the molecule is COc1ccc2c(c1)C(=O)N(C[C@@]1(C#Cc3ccc(C4(C)NC(=O)CC4=O)nc3)NC(=O)NC1=O)C2. The quantitative estimate of drug-likeness (QED) is 0.312. The van der Waals surface area contributed by atoms with Crippen molar-refractivity contribution in [2.75, 3.05) is 13.7 Å². The summed E-state index contributed by atoms with van der Waals surface area (Å²) in [5, 5.41) is 7.38. The van der Waals surface area contributed by atoms with Crippen molar-refractivity contribution in [3.8, 4) is 17.6 Å². The smallest absolute Gasteiger partial charge is 0.323 e. The number of imide groups is 1. The van der Waals surface area contributed by atoms with Crippen molar-refractivity contribution >= 4 is 29.5 Å². The third-order valence-electron chi connectivity index (χ3n) is 6.53. The van der Waals surface area contributed by atoms with E-state index in [1.165, 1.54) is 18.2 Å². The summed E-state index contributed by atoms with van der Waals surface area (Å²) in [6.07, 6.45) is 1.21. The number of ketones is 1. The van der Waals surface area contributed by atoms with Gasteiger partial charge in [0.1, 0.15) is 11.3 Å². The predicted octanol–water partition coefficient (Wildman–Crippen LogP) is -0.0199. The Balaban J connectivity index is 1.41. The van der Waals surface area contributed by atoms with Crippen LogP contribution in [-0.2, 0) is 26.5 Å². The van der Waals surface area contributed by atoms with Gasteiger partial charge < -0.3 is 20.3 Å². The topological polar surface area (TPSA) is 147 Å². The lowest BCUT2D eigenvalue weighted by Gasteiger charge is -2.26. The van der Waals surface area contributed by atoms with Crippen molar-refractivity contribution in [3.63, 3.8) is 0 Å². The lowest BCUT2D eigenvalue weighted by Crippen LogP contribution is -2.54. The van der Waals surface area contributed by atoms with Crippen LogP contribution in [0.5, 0.6) is 5.75 Å². The third kappa shape index (κ3) is 3.73. The van der Waals surface area contributed by atoms with E-state index in [0.717, 1.165) is 5.56 Å². The van der Waals surface area contributed by atoms with Crippen molar-refractivity contribution in [2.45, 2.75) is 31.0 Å². The number of urea groups is 1. The Bertz CT molecular complexity index is 1410. The average molecular weight is 487 g/mol. The van der Waals surface area contributed by atoms with Crippen LogP contribution in [0.25, 0.3) is 0 Å². The number of carbonyl (C=O) groups excluding carboxylic acids is 5. The molecule has 36 heavy (non-hydrogen) atoms. The molecule has 0 aliphatic carbocycles. The number of benzene rings is 1. The van der Waals surface area contributed by atoms with Gasteiger partial charge in [-0.15, -0.1) is 0 Å². The number of rotatable bonds is 4. The third-order valence-corrected chi connectivity index (χ3v) is 6.53. The molecule has 4 heterocycles. The van der Waals surface area contributed by atoms with Crippen molar-refractivity contribution in [1.29, 1.82) is 0 Å². The first-order chi connectivity index (χ1) is 17.1. The first kappa shape index (κ1) is 23.0. The summed E-state index contributed by atoms with van der Waals surface area (Å²) in [5.41, 5.74) is -0.870. The van der Waals surface area contributed by atoms with E-state index >= 15 is 0 Å². The minimum Gasteiger partial charge on any atom is -0.497 e. The van der Waals surface area contributed by atoms with Gasteiger partial charge in [-0.3, -0.25) is 29.5 Å². The number of hydrogen-bond donors (Lipinski definition) is 3. The molecule has 11 nitrogen and oxygen atoms in total. The Morgan fingerprint density at radius 2 is 1.92 bits per heavy atom. The molecular weight excluding hydrogens is 466 g/mol. The van der Waals surface area contributed by atoms with Crippen LogP contribution < -0.4 is 20.7 Å². The Morgan fingerprint density at radius 3 is 2.53 bits per heavy atom. The second-order valence-electron chi connectivity index (χ2n) is 8.95. The van der Waals surface area contributed by atoms with Gasteiger partial charge in [-0.2, -0.15) is 0 Å². The summed E-state index contributed by atoms with van der Waals surface area (Å²) < 4.78 is 5.19. The molecule has 0 spiro atoms. The minimum atomic E-state index is -1.67. The second-order valence-corrected chi connectivity index (χ2v) is 8.95. The number of nitrogens with zero attached hydrogens (tertiary/aromatic N) is 2. The molecule has 2 fully saturated rings. The summed E-state index contributed by atoms with van der Waals surface area (Å²) in [6, 6.07) is 7.62. The van der Waals surface area contributed by atoms with Crippen LogP contribution in [0.3, 0.4) is 0 Å². The summed E-state index contributed by atoms with van der Waals surface area (Å²) in [4.78, 5) is 67.4. The molecule has 182 valence electrons. The Kier molecular flexibility index (Phi) is 5.25. The first-order valence-corrected chi connectivity index (χ1v) is 11.1. The van der Waals surface area contributed by atoms with Crippen LogP contribution in [-0.4, -0.2) is 58.6 Å². The van der Waals surface area contributed by atoms with Gasteiger partial charge in [0.2, 0.25) is 11.4 Å². The fourth-order valence-electron chi connectivity index (χ4n) is 4.48. The van der Waals surface area contributed by atoms with Gasteiger partial charge >= 0.3 is 6.03 Å². The molecule has 1 aromatic carbocycles. The average Bonchev–Trinajstić information content (AvgIpc) is 3.42. The Hall–Kier alpha value is -4.72. The van der Waals surface area contributed by atoms with E-state index in [-0.39, 0.29) is 37.1 Å². The molecule has 0 radical (unpaired) electrons. The number of nitrogens with one attached hydrogen (secondary N) is 3. The van der Waals surface area contributed by atoms with Gasteiger partial charge in [-0.25, -0.2) is 4.79 Å². The van der Waals surface area contributed by atoms with Gasteiger partial charge in [0, 0.05) is 23.9 Å². The normalized spacial score (nSPS) is 24.6. The first-order valence-electron chi connectivity index (χ1n) is 11.1. The zero-order chi connectivity index (χ0) is 25.7. The standard InChI is InChI=1S/C25H21N5O6/c1-24(19(31)10-20(32)28-24)18-6-3-14(11-26-18)7-8-25(22(34)27-23(35)29-25)13-30-12-15-4-5-16(36-2)9-17(15)21(30)33/h3-6,9,11H,10,12-13H2,1-2H3,(H,28,32)(H2,27,29,34,35)/t24?,25-/m1/s1. The van der Waals surface area contributed by atoms with Gasteiger partial charge in [0.05, 0.1) is 25.8 Å². The highest BCUT2D eigenvalue weighted by molar-refractivity contribution is 6.10. The maximum atomic E-state index is 13.0. The fourth-order valence-corrected chi connectivity index (χ4v) is 4.48. The van der Waals surface area contributed by atoms with Crippen molar-refractivity contribution in [1.82, 2.24) is 25.8 Å². The molecular formula is C25H21N5O6. The molecule has 3 aliphatic rings. The number of methoxy groups -OCH3 is 1. The number of fused-ring (bicyclic) bond motifs is 1. The lowest BCUT2D eigenvalue weighted by molar-refractivity contribution is -0.124. The molecule has 5 amide bonds. The molecule has 5 rings (SSSR count). The molecule has 0 bridgehead atoms. The van der Waals surface area contributed by atoms with E-state index in [2.05, 4.69) is 32.8 Å². The summed E-state index contributed by atoms with van der Waals surface area (Å²) >= 11 is 0. The molecule has 3 aliphatic heterocycles. The predicted molar refractivity (Wildman–Crippen MR) is 123 cm³/mol. The molecule has 2 aromatic rings. The zero-order valence-electron chi connectivity index (χ0n) is 19.4. The van der Waals surface area contributed by atoms with Gasteiger partial charge in [0.25, 0.3) is 11.8 Å². The van der Waals surface area contributed by atoms with Crippen LogP contribution in [0.2, 0.25) is 0 Å². The van der Waals surface area contributed by atoms with E-state index < -0.39 is 23.0 Å². The molecule has 1 unspecified atom stereocenters. The van der Waals surface area contributed by atoms with E-state index in [9.17, 15) is 24.0 Å². The number of Topliss-reactive ketones (excluding diaryl/α,β-unsaturated/α-hetero) is 1.